The van der Waals surface area contributed by atoms with Gasteiger partial charge in [-0.15, -0.1) is 0 Å². The first kappa shape index (κ1) is 13.1. The van der Waals surface area contributed by atoms with E-state index in [1.807, 2.05) is 6.07 Å². The SMILES string of the molecule is Cc1nc(C)c(C(=O)Nc2cc(Cl)ccc2C#N)o1. The smallest absolute Gasteiger partial charge is 0.293 e. The van der Waals surface area contributed by atoms with Gasteiger partial charge in [-0.3, -0.25) is 4.79 Å². The Morgan fingerprint density at radius 3 is 2.79 bits per heavy atom. The molecule has 0 fully saturated rings. The Balaban J connectivity index is 2.32. The highest BCUT2D eigenvalue weighted by molar-refractivity contribution is 6.31. The van der Waals surface area contributed by atoms with Crippen molar-refractivity contribution in [3.8, 4) is 6.07 Å². The summed E-state index contributed by atoms with van der Waals surface area (Å²) in [6.07, 6.45) is 0. The van der Waals surface area contributed by atoms with Gasteiger partial charge < -0.3 is 9.73 Å². The standard InChI is InChI=1S/C13H10ClN3O2/c1-7-12(19-8(2)16-7)13(18)17-11-5-10(14)4-3-9(11)6-15/h3-5H,1-2H3,(H,17,18). The summed E-state index contributed by atoms with van der Waals surface area (Å²) >= 11 is 5.84. The van der Waals surface area contributed by atoms with Crippen molar-refractivity contribution < 1.29 is 9.21 Å². The number of nitriles is 1. The third kappa shape index (κ3) is 2.75. The number of aromatic nitrogens is 1. The van der Waals surface area contributed by atoms with Crippen LogP contribution in [-0.2, 0) is 0 Å². The van der Waals surface area contributed by atoms with Crippen molar-refractivity contribution in [3.63, 3.8) is 0 Å². The zero-order valence-corrected chi connectivity index (χ0v) is 11.1. The quantitative estimate of drug-likeness (QED) is 0.913. The van der Waals surface area contributed by atoms with Crippen LogP contribution < -0.4 is 5.32 Å². The van der Waals surface area contributed by atoms with Crippen LogP contribution in [0.4, 0.5) is 5.69 Å². The first-order valence-corrected chi connectivity index (χ1v) is 5.84. The fraction of sp³-hybridized carbons (Fsp3) is 0.154. The lowest BCUT2D eigenvalue weighted by atomic mass is 10.2. The molecule has 0 saturated heterocycles. The maximum atomic E-state index is 12.0. The first-order valence-electron chi connectivity index (χ1n) is 5.46. The highest BCUT2D eigenvalue weighted by atomic mass is 35.5. The average molecular weight is 276 g/mol. The number of carbonyl (C=O) groups is 1. The molecule has 0 bridgehead atoms. The van der Waals surface area contributed by atoms with Crippen molar-refractivity contribution >= 4 is 23.2 Å². The van der Waals surface area contributed by atoms with Gasteiger partial charge >= 0.3 is 0 Å². The van der Waals surface area contributed by atoms with Crippen LogP contribution in [0.25, 0.3) is 0 Å². The Labute approximate surface area is 114 Å². The number of aryl methyl sites for hydroxylation is 2. The van der Waals surface area contributed by atoms with Gasteiger partial charge in [0.1, 0.15) is 6.07 Å². The summed E-state index contributed by atoms with van der Waals surface area (Å²) in [5, 5.41) is 12.0. The molecule has 1 aromatic heterocycles. The molecule has 0 spiro atoms. The second-order valence-electron chi connectivity index (χ2n) is 3.90. The van der Waals surface area contributed by atoms with Crippen LogP contribution in [0.5, 0.6) is 0 Å². The number of hydrogen-bond donors (Lipinski definition) is 1. The second kappa shape index (κ2) is 5.12. The molecular weight excluding hydrogens is 266 g/mol. The van der Waals surface area contributed by atoms with Crippen molar-refractivity contribution in [2.24, 2.45) is 0 Å². The molecule has 96 valence electrons. The minimum Gasteiger partial charge on any atom is -0.436 e. The minimum absolute atomic E-state index is 0.126. The van der Waals surface area contributed by atoms with E-state index in [0.717, 1.165) is 0 Å². The van der Waals surface area contributed by atoms with E-state index in [0.29, 0.717) is 27.9 Å². The number of benzene rings is 1. The molecule has 2 rings (SSSR count). The van der Waals surface area contributed by atoms with Crippen LogP contribution in [-0.4, -0.2) is 10.9 Å². The molecule has 0 unspecified atom stereocenters. The number of anilines is 1. The van der Waals surface area contributed by atoms with E-state index in [1.54, 1.807) is 19.9 Å². The van der Waals surface area contributed by atoms with Gasteiger partial charge in [-0.25, -0.2) is 4.98 Å². The number of nitrogens with one attached hydrogen (secondary N) is 1. The van der Waals surface area contributed by atoms with Gasteiger partial charge in [-0.1, -0.05) is 11.6 Å². The molecule has 0 aliphatic heterocycles. The van der Waals surface area contributed by atoms with Gasteiger partial charge in [0.25, 0.3) is 5.91 Å². The Hall–Kier alpha value is -2.32. The molecule has 0 saturated carbocycles. The van der Waals surface area contributed by atoms with E-state index in [9.17, 15) is 4.79 Å². The van der Waals surface area contributed by atoms with Gasteiger partial charge in [0.2, 0.25) is 5.76 Å². The lowest BCUT2D eigenvalue weighted by Crippen LogP contribution is -2.13. The van der Waals surface area contributed by atoms with Crippen molar-refractivity contribution in [2.75, 3.05) is 5.32 Å². The molecule has 6 heteroatoms. The summed E-state index contributed by atoms with van der Waals surface area (Å²) in [4.78, 5) is 16.0. The third-order valence-electron chi connectivity index (χ3n) is 2.46. The van der Waals surface area contributed by atoms with E-state index in [2.05, 4.69) is 10.3 Å². The number of carbonyl (C=O) groups excluding carboxylic acids is 1. The highest BCUT2D eigenvalue weighted by Crippen LogP contribution is 2.21. The van der Waals surface area contributed by atoms with Gasteiger partial charge in [0.15, 0.2) is 5.89 Å². The van der Waals surface area contributed by atoms with Crippen LogP contribution in [0.2, 0.25) is 5.02 Å². The molecule has 19 heavy (non-hydrogen) atoms. The van der Waals surface area contributed by atoms with Gasteiger partial charge in [-0.05, 0) is 25.1 Å². The van der Waals surface area contributed by atoms with E-state index in [-0.39, 0.29) is 5.76 Å². The number of nitrogens with zero attached hydrogens (tertiary/aromatic N) is 2. The summed E-state index contributed by atoms with van der Waals surface area (Å²) in [7, 11) is 0. The average Bonchev–Trinajstić information content (AvgIpc) is 2.69. The van der Waals surface area contributed by atoms with Gasteiger partial charge in [0.05, 0.1) is 16.9 Å². The van der Waals surface area contributed by atoms with Crippen molar-refractivity contribution in [1.29, 1.82) is 5.26 Å². The summed E-state index contributed by atoms with van der Waals surface area (Å²) in [6.45, 7) is 3.33. The fourth-order valence-corrected chi connectivity index (χ4v) is 1.81. The number of halogens is 1. The number of rotatable bonds is 2. The Morgan fingerprint density at radius 2 is 2.21 bits per heavy atom. The van der Waals surface area contributed by atoms with E-state index in [1.165, 1.54) is 12.1 Å². The van der Waals surface area contributed by atoms with E-state index >= 15 is 0 Å². The molecule has 2 aromatic rings. The molecule has 1 N–H and O–H groups in total. The molecule has 1 aromatic carbocycles. The fourth-order valence-electron chi connectivity index (χ4n) is 1.64. The lowest BCUT2D eigenvalue weighted by molar-refractivity contribution is 0.0994. The molecule has 5 nitrogen and oxygen atoms in total. The largest absolute Gasteiger partial charge is 0.436 e. The lowest BCUT2D eigenvalue weighted by Gasteiger charge is -2.06. The van der Waals surface area contributed by atoms with Crippen molar-refractivity contribution in [3.05, 3.63) is 46.1 Å². The maximum absolute atomic E-state index is 12.0. The summed E-state index contributed by atoms with van der Waals surface area (Å²) in [5.74, 6) is 0.0764. The monoisotopic (exact) mass is 275 g/mol. The predicted molar refractivity (Wildman–Crippen MR) is 70.1 cm³/mol. The van der Waals surface area contributed by atoms with Crippen LogP contribution in [0.3, 0.4) is 0 Å². The van der Waals surface area contributed by atoms with Crippen LogP contribution in [0.1, 0.15) is 27.7 Å². The Kier molecular flexibility index (Phi) is 3.54. The van der Waals surface area contributed by atoms with E-state index < -0.39 is 5.91 Å². The van der Waals surface area contributed by atoms with Gasteiger partial charge in [0, 0.05) is 11.9 Å². The molecule has 1 amide bonds. The van der Waals surface area contributed by atoms with Crippen molar-refractivity contribution in [2.45, 2.75) is 13.8 Å². The maximum Gasteiger partial charge on any atom is 0.293 e. The topological polar surface area (TPSA) is 78.9 Å². The van der Waals surface area contributed by atoms with Gasteiger partial charge in [-0.2, -0.15) is 5.26 Å². The van der Waals surface area contributed by atoms with E-state index in [4.69, 9.17) is 21.3 Å². The Morgan fingerprint density at radius 1 is 1.47 bits per heavy atom. The zero-order valence-electron chi connectivity index (χ0n) is 10.3. The molecule has 0 atom stereocenters. The highest BCUT2D eigenvalue weighted by Gasteiger charge is 2.17. The van der Waals surface area contributed by atoms with Crippen molar-refractivity contribution in [1.82, 2.24) is 4.98 Å². The second-order valence-corrected chi connectivity index (χ2v) is 4.34. The van der Waals surface area contributed by atoms with Crippen LogP contribution in [0, 0.1) is 25.2 Å². The van der Waals surface area contributed by atoms with Crippen LogP contribution in [0.15, 0.2) is 22.6 Å². The first-order chi connectivity index (χ1) is 9.01. The normalized spacial score (nSPS) is 10.0. The molecule has 0 radical (unpaired) electrons. The van der Waals surface area contributed by atoms with Crippen LogP contribution >= 0.6 is 11.6 Å². The third-order valence-corrected chi connectivity index (χ3v) is 2.70. The molecular formula is C13H10ClN3O2. The Bertz CT molecular complexity index is 686. The summed E-state index contributed by atoms with van der Waals surface area (Å²) in [5.41, 5.74) is 1.16. The summed E-state index contributed by atoms with van der Waals surface area (Å²) < 4.78 is 5.21. The predicted octanol–water partition coefficient (Wildman–Crippen LogP) is 3.07. The molecule has 0 aliphatic carbocycles. The summed E-state index contributed by atoms with van der Waals surface area (Å²) in [6, 6.07) is 6.61. The number of hydrogen-bond acceptors (Lipinski definition) is 4. The number of amides is 1. The molecule has 0 aliphatic rings. The minimum atomic E-state index is -0.461. The molecule has 1 heterocycles. The zero-order chi connectivity index (χ0) is 14.0. The number of oxazole rings is 1.